The van der Waals surface area contributed by atoms with Crippen LogP contribution >= 0.6 is 0 Å². The van der Waals surface area contributed by atoms with Crippen LogP contribution in [0.2, 0.25) is 0 Å². The number of methoxy groups -OCH3 is 2. The molecule has 0 saturated carbocycles. The summed E-state index contributed by atoms with van der Waals surface area (Å²) in [5, 5.41) is 7.26. The van der Waals surface area contributed by atoms with Crippen molar-refractivity contribution >= 4 is 17.2 Å². The van der Waals surface area contributed by atoms with E-state index in [-0.39, 0.29) is 17.7 Å². The molecule has 1 heterocycles. The van der Waals surface area contributed by atoms with Gasteiger partial charge in [0.1, 0.15) is 23.0 Å². The average molecular weight is 519 g/mol. The number of anilines is 2. The second kappa shape index (κ2) is 10.6. The van der Waals surface area contributed by atoms with E-state index >= 15 is 0 Å². The van der Waals surface area contributed by atoms with Crippen LogP contribution < -0.4 is 24.8 Å². The predicted octanol–water partition coefficient (Wildman–Crippen LogP) is 7.48. The molecule has 0 fully saturated rings. The number of hydrogen-bond donors (Lipinski definition) is 2. The number of hydrogen-bond acceptors (Lipinski definition) is 6. The van der Waals surface area contributed by atoms with Gasteiger partial charge in [-0.15, -0.1) is 0 Å². The van der Waals surface area contributed by atoms with Crippen LogP contribution in [0.15, 0.2) is 108 Å². The van der Waals surface area contributed by atoms with Gasteiger partial charge in [0.05, 0.1) is 31.6 Å². The van der Waals surface area contributed by atoms with Gasteiger partial charge in [0, 0.05) is 29.2 Å². The Morgan fingerprint density at radius 3 is 2.28 bits per heavy atom. The molecule has 196 valence electrons. The summed E-state index contributed by atoms with van der Waals surface area (Å²) in [6.07, 6.45) is 1.04. The van der Waals surface area contributed by atoms with Crippen LogP contribution in [0, 0.1) is 0 Å². The zero-order valence-corrected chi connectivity index (χ0v) is 21.9. The van der Waals surface area contributed by atoms with Crippen LogP contribution in [-0.2, 0) is 4.79 Å². The maximum absolute atomic E-state index is 14.0. The van der Waals surface area contributed by atoms with Crippen molar-refractivity contribution in [2.45, 2.75) is 24.8 Å². The molecule has 6 nitrogen and oxygen atoms in total. The van der Waals surface area contributed by atoms with Gasteiger partial charge in [-0.05, 0) is 66.6 Å². The first-order valence-corrected chi connectivity index (χ1v) is 13.1. The van der Waals surface area contributed by atoms with Crippen molar-refractivity contribution in [2.24, 2.45) is 0 Å². The highest BCUT2D eigenvalue weighted by molar-refractivity contribution is 6.01. The van der Waals surface area contributed by atoms with Crippen LogP contribution in [0.4, 0.5) is 11.4 Å². The number of carbonyl (C=O) groups excluding carboxylic acids is 1. The van der Waals surface area contributed by atoms with Crippen molar-refractivity contribution in [3.63, 3.8) is 0 Å². The summed E-state index contributed by atoms with van der Waals surface area (Å²) in [5.74, 6) is 3.03. The molecule has 2 N–H and O–H groups in total. The number of nitrogens with one attached hydrogen (secondary N) is 2. The summed E-state index contributed by atoms with van der Waals surface area (Å²) < 4.78 is 17.3. The van der Waals surface area contributed by atoms with Gasteiger partial charge in [-0.2, -0.15) is 0 Å². The Labute approximate surface area is 228 Å². The van der Waals surface area contributed by atoms with Gasteiger partial charge in [0.2, 0.25) is 0 Å². The van der Waals surface area contributed by atoms with Gasteiger partial charge in [0.25, 0.3) is 0 Å². The highest BCUT2D eigenvalue weighted by atomic mass is 16.5. The predicted molar refractivity (Wildman–Crippen MR) is 153 cm³/mol. The molecule has 4 aromatic rings. The summed E-state index contributed by atoms with van der Waals surface area (Å²) in [7, 11) is 3.30. The Bertz CT molecular complexity index is 1550. The van der Waals surface area contributed by atoms with Crippen molar-refractivity contribution in [3.05, 3.63) is 119 Å². The summed E-state index contributed by atoms with van der Waals surface area (Å²) in [5.41, 5.74) is 5.48. The number of benzene rings is 4. The molecule has 0 radical (unpaired) electrons. The smallest absolute Gasteiger partial charge is 0.163 e. The lowest BCUT2D eigenvalue weighted by Crippen LogP contribution is -2.27. The lowest BCUT2D eigenvalue weighted by Gasteiger charge is -2.30. The van der Waals surface area contributed by atoms with E-state index < -0.39 is 0 Å². The molecule has 0 amide bonds. The van der Waals surface area contributed by atoms with Gasteiger partial charge in [-0.1, -0.05) is 42.5 Å². The summed E-state index contributed by atoms with van der Waals surface area (Å²) >= 11 is 0. The number of rotatable bonds is 6. The highest BCUT2D eigenvalue weighted by Gasteiger charge is 2.37. The SMILES string of the molecule is COc1ccc(OC)c(C2CC(=O)C3=C(C2)Nc2ccccc2NC3c2cccc(Oc3ccccc3)c2)c1. The monoisotopic (exact) mass is 518 g/mol. The van der Waals surface area contributed by atoms with E-state index in [9.17, 15) is 4.79 Å². The van der Waals surface area contributed by atoms with E-state index in [2.05, 4.69) is 10.6 Å². The molecule has 4 aromatic carbocycles. The Morgan fingerprint density at radius 2 is 1.49 bits per heavy atom. The third-order valence-electron chi connectivity index (χ3n) is 7.36. The summed E-state index contributed by atoms with van der Waals surface area (Å²) in [6.45, 7) is 0. The third-order valence-corrected chi connectivity index (χ3v) is 7.36. The van der Waals surface area contributed by atoms with E-state index in [0.29, 0.717) is 12.8 Å². The minimum Gasteiger partial charge on any atom is -0.497 e. The second-order valence-electron chi connectivity index (χ2n) is 9.76. The molecule has 0 saturated heterocycles. The molecular weight excluding hydrogens is 488 g/mol. The second-order valence-corrected chi connectivity index (χ2v) is 9.76. The molecule has 0 spiro atoms. The Morgan fingerprint density at radius 1 is 0.718 bits per heavy atom. The first-order chi connectivity index (χ1) is 19.1. The third kappa shape index (κ3) is 4.93. The molecule has 1 aliphatic carbocycles. The Kier molecular flexibility index (Phi) is 6.68. The van der Waals surface area contributed by atoms with Gasteiger partial charge in [-0.25, -0.2) is 0 Å². The van der Waals surface area contributed by atoms with E-state index in [1.165, 1.54) is 0 Å². The first-order valence-electron chi connectivity index (χ1n) is 13.1. The molecule has 6 heteroatoms. The lowest BCUT2D eigenvalue weighted by molar-refractivity contribution is -0.116. The zero-order chi connectivity index (χ0) is 26.8. The molecule has 0 aromatic heterocycles. The molecule has 1 aliphatic heterocycles. The number of carbonyl (C=O) groups is 1. The number of Topliss-reactive ketones (excluding diaryl/α,β-unsaturated/α-hetero) is 1. The molecule has 2 aliphatic rings. The minimum atomic E-state index is -0.337. The van der Waals surface area contributed by atoms with Gasteiger partial charge in [0.15, 0.2) is 5.78 Å². The fourth-order valence-electron chi connectivity index (χ4n) is 5.50. The lowest BCUT2D eigenvalue weighted by atomic mass is 9.78. The van der Waals surface area contributed by atoms with E-state index in [1.54, 1.807) is 14.2 Å². The minimum absolute atomic E-state index is 0.0486. The molecule has 39 heavy (non-hydrogen) atoms. The zero-order valence-electron chi connectivity index (χ0n) is 21.9. The van der Waals surface area contributed by atoms with Crippen molar-refractivity contribution in [2.75, 3.05) is 24.9 Å². The molecule has 6 rings (SSSR count). The molecule has 2 unspecified atom stereocenters. The van der Waals surface area contributed by atoms with Gasteiger partial charge in [-0.3, -0.25) is 4.79 Å². The topological polar surface area (TPSA) is 68.8 Å². The first kappa shape index (κ1) is 24.6. The van der Waals surface area contributed by atoms with Crippen LogP contribution in [-0.4, -0.2) is 20.0 Å². The standard InChI is InChI=1S/C33H30N2O4/c1-37-24-15-16-31(38-2)26(20-24)22-18-29-32(30(36)19-22)33(35-28-14-7-6-13-27(28)34-29)21-9-8-12-25(17-21)39-23-10-4-3-5-11-23/h3-17,20,22,33-35H,18-19H2,1-2H3. The van der Waals surface area contributed by atoms with E-state index in [1.807, 2.05) is 97.1 Å². The molecule has 0 bridgehead atoms. The molecule has 2 atom stereocenters. The number of fused-ring (bicyclic) bond motifs is 1. The van der Waals surface area contributed by atoms with E-state index in [4.69, 9.17) is 14.2 Å². The largest absolute Gasteiger partial charge is 0.497 e. The maximum atomic E-state index is 14.0. The number of para-hydroxylation sites is 3. The van der Waals surface area contributed by atoms with Crippen LogP contribution in [0.1, 0.15) is 35.9 Å². The van der Waals surface area contributed by atoms with Gasteiger partial charge < -0.3 is 24.8 Å². The number of allylic oxidation sites excluding steroid dienone is 1. The van der Waals surface area contributed by atoms with Crippen LogP contribution in [0.25, 0.3) is 0 Å². The Balaban J connectivity index is 1.41. The van der Waals surface area contributed by atoms with Gasteiger partial charge >= 0.3 is 0 Å². The normalized spacial score (nSPS) is 18.2. The van der Waals surface area contributed by atoms with Crippen LogP contribution in [0.3, 0.4) is 0 Å². The maximum Gasteiger partial charge on any atom is 0.163 e. The number of ketones is 1. The van der Waals surface area contributed by atoms with Crippen molar-refractivity contribution in [3.8, 4) is 23.0 Å². The summed E-state index contributed by atoms with van der Waals surface area (Å²) in [4.78, 5) is 14.0. The van der Waals surface area contributed by atoms with Crippen molar-refractivity contribution in [1.82, 2.24) is 0 Å². The highest BCUT2D eigenvalue weighted by Crippen LogP contribution is 2.46. The summed E-state index contributed by atoms with van der Waals surface area (Å²) in [6, 6.07) is 31.1. The fourth-order valence-corrected chi connectivity index (χ4v) is 5.50. The Hall–Kier alpha value is -4.71. The quantitative estimate of drug-likeness (QED) is 0.276. The van der Waals surface area contributed by atoms with Crippen molar-refractivity contribution in [1.29, 1.82) is 0 Å². The van der Waals surface area contributed by atoms with Crippen LogP contribution in [0.5, 0.6) is 23.0 Å². The fraction of sp³-hybridized carbons (Fsp3) is 0.182. The van der Waals surface area contributed by atoms with E-state index in [0.717, 1.165) is 56.8 Å². The number of ether oxygens (including phenoxy) is 3. The molecular formula is C33H30N2O4. The average Bonchev–Trinajstić information content (AvgIpc) is 3.14. The van der Waals surface area contributed by atoms with Crippen molar-refractivity contribution < 1.29 is 19.0 Å².